The van der Waals surface area contributed by atoms with E-state index in [1.165, 1.54) is 0 Å². The van der Waals surface area contributed by atoms with Gasteiger partial charge in [0.05, 0.1) is 12.1 Å². The lowest BCUT2D eigenvalue weighted by molar-refractivity contribution is -0.126. The smallest absolute Gasteiger partial charge is 0.237 e. The predicted octanol–water partition coefficient (Wildman–Crippen LogP) is 0.714. The van der Waals surface area contributed by atoms with Gasteiger partial charge in [-0.25, -0.2) is 0 Å². The maximum Gasteiger partial charge on any atom is 0.237 e. The average Bonchev–Trinajstić information content (AvgIpc) is 2.12. The zero-order valence-corrected chi connectivity index (χ0v) is 10.3. The number of amides is 1. The minimum atomic E-state index is -0.439. The first-order chi connectivity index (χ1) is 6.82. The molecule has 0 rings (SSSR count). The molecular formula is C11H22N2O2. The highest BCUT2D eigenvalue weighted by molar-refractivity contribution is 5.84. The second-order valence-corrected chi connectivity index (χ2v) is 4.77. The number of nitrogens with one attached hydrogen (secondary N) is 2. The van der Waals surface area contributed by atoms with Crippen LogP contribution in [-0.2, 0) is 9.59 Å². The van der Waals surface area contributed by atoms with Crippen LogP contribution in [-0.4, -0.2) is 30.8 Å². The Balaban J connectivity index is 4.31. The third-order valence-electron chi connectivity index (χ3n) is 2.27. The maximum atomic E-state index is 11.6. The fraction of sp³-hybridized carbons (Fsp3) is 0.818. The first kappa shape index (κ1) is 14.1. The van der Waals surface area contributed by atoms with Crippen molar-refractivity contribution in [3.63, 3.8) is 0 Å². The Morgan fingerprint density at radius 3 is 2.27 bits per heavy atom. The van der Waals surface area contributed by atoms with Crippen LogP contribution in [0.1, 0.15) is 34.6 Å². The van der Waals surface area contributed by atoms with E-state index in [2.05, 4.69) is 10.6 Å². The lowest BCUT2D eigenvalue weighted by Crippen LogP contribution is -2.51. The fourth-order valence-electron chi connectivity index (χ4n) is 1.13. The first-order valence-corrected chi connectivity index (χ1v) is 5.32. The second kappa shape index (κ2) is 5.85. The number of rotatable bonds is 5. The molecule has 0 saturated carbocycles. The Kier molecular flexibility index (Phi) is 5.50. The van der Waals surface area contributed by atoms with Crippen molar-refractivity contribution >= 4 is 12.2 Å². The van der Waals surface area contributed by atoms with Crippen molar-refractivity contribution in [3.8, 4) is 0 Å². The van der Waals surface area contributed by atoms with E-state index < -0.39 is 6.04 Å². The average molecular weight is 214 g/mol. The molecule has 4 heteroatoms. The molecule has 0 aliphatic heterocycles. The molecule has 4 nitrogen and oxygen atoms in total. The molecule has 2 atom stereocenters. The van der Waals surface area contributed by atoms with Crippen LogP contribution in [0, 0.1) is 5.41 Å². The van der Waals surface area contributed by atoms with Crippen LogP contribution in [0.15, 0.2) is 0 Å². The summed E-state index contributed by atoms with van der Waals surface area (Å²) < 4.78 is 0. The molecule has 0 aliphatic rings. The quantitative estimate of drug-likeness (QED) is 0.663. The van der Waals surface area contributed by atoms with E-state index in [0.29, 0.717) is 0 Å². The lowest BCUT2D eigenvalue weighted by Gasteiger charge is -2.28. The molecule has 15 heavy (non-hydrogen) atoms. The van der Waals surface area contributed by atoms with Gasteiger partial charge in [-0.3, -0.25) is 4.79 Å². The van der Waals surface area contributed by atoms with E-state index in [4.69, 9.17) is 0 Å². The molecule has 0 aliphatic carbocycles. The molecule has 0 aromatic heterocycles. The second-order valence-electron chi connectivity index (χ2n) is 4.77. The van der Waals surface area contributed by atoms with Crippen molar-refractivity contribution in [2.45, 2.75) is 46.7 Å². The Morgan fingerprint density at radius 2 is 1.93 bits per heavy atom. The summed E-state index contributed by atoms with van der Waals surface area (Å²) in [6, 6.07) is -0.703. The van der Waals surface area contributed by atoms with E-state index in [1.54, 1.807) is 6.92 Å². The van der Waals surface area contributed by atoms with Gasteiger partial charge in [-0.15, -0.1) is 0 Å². The Bertz CT molecular complexity index is 221. The van der Waals surface area contributed by atoms with Crippen molar-refractivity contribution in [2.24, 2.45) is 5.41 Å². The predicted molar refractivity (Wildman–Crippen MR) is 60.6 cm³/mol. The SMILES string of the molecule is CCN[C@@H](C)C(=O)N[C@H](C=O)C(C)(C)C. The zero-order chi connectivity index (χ0) is 12.1. The van der Waals surface area contributed by atoms with Crippen molar-refractivity contribution in [3.05, 3.63) is 0 Å². The summed E-state index contributed by atoms with van der Waals surface area (Å²) in [4.78, 5) is 22.4. The van der Waals surface area contributed by atoms with Crippen LogP contribution in [0.4, 0.5) is 0 Å². The summed E-state index contributed by atoms with van der Waals surface area (Å²) in [5.74, 6) is -0.135. The summed E-state index contributed by atoms with van der Waals surface area (Å²) in [5, 5.41) is 5.72. The van der Waals surface area contributed by atoms with E-state index in [-0.39, 0.29) is 17.4 Å². The van der Waals surface area contributed by atoms with Gasteiger partial charge in [-0.2, -0.15) is 0 Å². The molecule has 0 unspecified atom stereocenters. The van der Waals surface area contributed by atoms with Gasteiger partial charge in [0.1, 0.15) is 6.29 Å². The van der Waals surface area contributed by atoms with Crippen LogP contribution in [0.25, 0.3) is 0 Å². The molecule has 0 heterocycles. The minimum absolute atomic E-state index is 0.135. The van der Waals surface area contributed by atoms with Gasteiger partial charge < -0.3 is 15.4 Å². The number of hydrogen-bond acceptors (Lipinski definition) is 3. The van der Waals surface area contributed by atoms with Gasteiger partial charge in [-0.1, -0.05) is 27.7 Å². The fourth-order valence-corrected chi connectivity index (χ4v) is 1.13. The van der Waals surface area contributed by atoms with Crippen LogP contribution in [0.3, 0.4) is 0 Å². The Hall–Kier alpha value is -0.900. The lowest BCUT2D eigenvalue weighted by atomic mass is 9.87. The van der Waals surface area contributed by atoms with Gasteiger partial charge in [0.15, 0.2) is 0 Å². The number of aldehydes is 1. The monoisotopic (exact) mass is 214 g/mol. The summed E-state index contributed by atoms with van der Waals surface area (Å²) in [6.45, 7) is 10.2. The van der Waals surface area contributed by atoms with Crippen LogP contribution in [0.5, 0.6) is 0 Å². The highest BCUT2D eigenvalue weighted by Gasteiger charge is 2.26. The molecule has 0 radical (unpaired) electrons. The van der Waals surface area contributed by atoms with E-state index in [9.17, 15) is 9.59 Å². The maximum absolute atomic E-state index is 11.6. The van der Waals surface area contributed by atoms with E-state index in [0.717, 1.165) is 12.8 Å². The number of carbonyl (C=O) groups excluding carboxylic acids is 2. The third kappa shape index (κ3) is 4.93. The molecule has 0 spiro atoms. The van der Waals surface area contributed by atoms with Crippen LogP contribution in [0.2, 0.25) is 0 Å². The highest BCUT2D eigenvalue weighted by Crippen LogP contribution is 2.17. The number of carbonyl (C=O) groups is 2. The Morgan fingerprint density at radius 1 is 1.40 bits per heavy atom. The number of likely N-dealkylation sites (N-methyl/N-ethyl adjacent to an activating group) is 1. The molecule has 0 aromatic carbocycles. The topological polar surface area (TPSA) is 58.2 Å². The molecule has 0 aromatic rings. The van der Waals surface area contributed by atoms with Gasteiger partial charge in [0.2, 0.25) is 5.91 Å². The minimum Gasteiger partial charge on any atom is -0.345 e. The Labute approximate surface area is 91.8 Å². The molecule has 1 amide bonds. The summed E-state index contributed by atoms with van der Waals surface area (Å²) >= 11 is 0. The van der Waals surface area contributed by atoms with Crippen LogP contribution >= 0.6 is 0 Å². The molecule has 0 bridgehead atoms. The van der Waals surface area contributed by atoms with E-state index in [1.807, 2.05) is 27.7 Å². The van der Waals surface area contributed by atoms with Crippen molar-refractivity contribution in [1.82, 2.24) is 10.6 Å². The third-order valence-corrected chi connectivity index (χ3v) is 2.27. The summed E-state index contributed by atoms with van der Waals surface area (Å²) in [6.07, 6.45) is 0.788. The summed E-state index contributed by atoms with van der Waals surface area (Å²) in [7, 11) is 0. The first-order valence-electron chi connectivity index (χ1n) is 5.32. The largest absolute Gasteiger partial charge is 0.345 e. The molecule has 88 valence electrons. The number of hydrogen-bond donors (Lipinski definition) is 2. The standard InChI is InChI=1S/C11H22N2O2/c1-6-12-8(2)10(15)13-9(7-14)11(3,4)5/h7-9,12H,6H2,1-5H3,(H,13,15)/t8-,9+/m0/s1. The van der Waals surface area contributed by atoms with Crippen molar-refractivity contribution in [2.75, 3.05) is 6.54 Å². The molecular weight excluding hydrogens is 192 g/mol. The van der Waals surface area contributed by atoms with Crippen molar-refractivity contribution in [1.29, 1.82) is 0 Å². The molecule has 2 N–H and O–H groups in total. The van der Waals surface area contributed by atoms with Gasteiger partial charge >= 0.3 is 0 Å². The molecule has 0 fully saturated rings. The normalized spacial score (nSPS) is 15.5. The molecule has 0 saturated heterocycles. The van der Waals surface area contributed by atoms with E-state index >= 15 is 0 Å². The summed E-state index contributed by atoms with van der Waals surface area (Å²) in [5.41, 5.74) is -0.247. The highest BCUT2D eigenvalue weighted by atomic mass is 16.2. The van der Waals surface area contributed by atoms with Gasteiger partial charge in [0, 0.05) is 0 Å². The zero-order valence-electron chi connectivity index (χ0n) is 10.3. The van der Waals surface area contributed by atoms with Gasteiger partial charge in [0.25, 0.3) is 0 Å². The van der Waals surface area contributed by atoms with Crippen molar-refractivity contribution < 1.29 is 9.59 Å². The van der Waals surface area contributed by atoms with Crippen LogP contribution < -0.4 is 10.6 Å². The van der Waals surface area contributed by atoms with Gasteiger partial charge in [-0.05, 0) is 18.9 Å².